The summed E-state index contributed by atoms with van der Waals surface area (Å²) in [5, 5.41) is 0. The number of hydrogen-bond acceptors (Lipinski definition) is 1. The monoisotopic (exact) mass is 448 g/mol. The molecule has 32 heavy (non-hydrogen) atoms. The van der Waals surface area contributed by atoms with E-state index in [1.165, 1.54) is 77.0 Å². The Bertz CT molecular complexity index is 657. The zero-order chi connectivity index (χ0) is 22.8. The number of rotatable bonds is 12. The second-order valence-corrected chi connectivity index (χ2v) is 10.6. The molecule has 1 nitrogen and oxygen atoms in total. The number of benzene rings is 1. The maximum Gasteiger partial charge on any atom is 0.200 e. The molecule has 2 saturated carbocycles. The van der Waals surface area contributed by atoms with Gasteiger partial charge in [0.05, 0.1) is 6.61 Å². The first-order chi connectivity index (χ1) is 15.6. The van der Waals surface area contributed by atoms with Crippen molar-refractivity contribution in [3.63, 3.8) is 0 Å². The maximum atomic E-state index is 14.6. The van der Waals surface area contributed by atoms with Crippen molar-refractivity contribution in [3.8, 4) is 5.75 Å². The SMILES string of the molecule is CCCCCCCC1CCC(CC[C@H]2CC[C@H](c3ccc(OCC)c(F)c3F)CC2)CC1. The predicted molar refractivity (Wildman–Crippen MR) is 130 cm³/mol. The Labute approximate surface area is 195 Å². The Balaban J connectivity index is 1.33. The first-order valence-corrected chi connectivity index (χ1v) is 13.7. The van der Waals surface area contributed by atoms with Crippen LogP contribution >= 0.6 is 0 Å². The van der Waals surface area contributed by atoms with E-state index in [4.69, 9.17) is 4.74 Å². The smallest absolute Gasteiger partial charge is 0.200 e. The fraction of sp³-hybridized carbons (Fsp3) is 0.793. The molecule has 0 N–H and O–H groups in total. The number of unbranched alkanes of at least 4 members (excludes halogenated alkanes) is 4. The van der Waals surface area contributed by atoms with Crippen molar-refractivity contribution in [2.75, 3.05) is 6.61 Å². The van der Waals surface area contributed by atoms with Gasteiger partial charge < -0.3 is 4.74 Å². The van der Waals surface area contributed by atoms with E-state index < -0.39 is 11.6 Å². The fourth-order valence-electron chi connectivity index (χ4n) is 6.21. The van der Waals surface area contributed by atoms with E-state index in [0.717, 1.165) is 43.4 Å². The molecule has 2 aliphatic rings. The second-order valence-electron chi connectivity index (χ2n) is 10.6. The molecule has 0 atom stereocenters. The lowest BCUT2D eigenvalue weighted by Crippen LogP contribution is -2.18. The summed E-state index contributed by atoms with van der Waals surface area (Å²) in [5.74, 6) is 1.38. The quantitative estimate of drug-likeness (QED) is 0.289. The van der Waals surface area contributed by atoms with Gasteiger partial charge in [0.1, 0.15) is 0 Å². The molecule has 0 amide bonds. The standard InChI is InChI=1S/C29H46F2O/c1-3-5-6-7-8-9-22-10-12-23(13-11-22)14-15-24-16-18-25(19-17-24)26-20-21-27(32-4-2)29(31)28(26)30/h20-25H,3-19H2,1-2H3/t22?,23?,24-,25-. The number of ether oxygens (including phenoxy) is 1. The van der Waals surface area contributed by atoms with Gasteiger partial charge in [-0.3, -0.25) is 0 Å². The van der Waals surface area contributed by atoms with E-state index >= 15 is 0 Å². The van der Waals surface area contributed by atoms with Crippen LogP contribution in [0.5, 0.6) is 5.75 Å². The third-order valence-electron chi connectivity index (χ3n) is 8.33. The Morgan fingerprint density at radius 3 is 1.84 bits per heavy atom. The molecule has 182 valence electrons. The van der Waals surface area contributed by atoms with Crippen LogP contribution < -0.4 is 4.74 Å². The van der Waals surface area contributed by atoms with Gasteiger partial charge in [-0.15, -0.1) is 0 Å². The molecule has 3 rings (SSSR count). The highest BCUT2D eigenvalue weighted by atomic mass is 19.2. The van der Waals surface area contributed by atoms with Crippen LogP contribution in [0.15, 0.2) is 12.1 Å². The summed E-state index contributed by atoms with van der Waals surface area (Å²) in [5.41, 5.74) is 0.553. The number of hydrogen-bond donors (Lipinski definition) is 0. The van der Waals surface area contributed by atoms with E-state index in [1.54, 1.807) is 19.1 Å². The maximum absolute atomic E-state index is 14.6. The Morgan fingerprint density at radius 1 is 0.688 bits per heavy atom. The van der Waals surface area contributed by atoms with Crippen LogP contribution in [0.2, 0.25) is 0 Å². The molecule has 0 spiro atoms. The zero-order valence-electron chi connectivity index (χ0n) is 20.6. The Hall–Kier alpha value is -1.12. The lowest BCUT2D eigenvalue weighted by Gasteiger charge is -2.32. The van der Waals surface area contributed by atoms with Crippen LogP contribution in [0.4, 0.5) is 8.78 Å². The van der Waals surface area contributed by atoms with Crippen LogP contribution in [-0.2, 0) is 0 Å². The third-order valence-corrected chi connectivity index (χ3v) is 8.33. The van der Waals surface area contributed by atoms with Gasteiger partial charge in [0.15, 0.2) is 11.6 Å². The molecule has 3 heteroatoms. The van der Waals surface area contributed by atoms with Gasteiger partial charge in [-0.05, 0) is 67.9 Å². The van der Waals surface area contributed by atoms with Crippen LogP contribution in [0, 0.1) is 29.4 Å². The van der Waals surface area contributed by atoms with Gasteiger partial charge in [0, 0.05) is 0 Å². The zero-order valence-corrected chi connectivity index (χ0v) is 20.6. The Kier molecular flexibility index (Phi) is 10.8. The topological polar surface area (TPSA) is 9.23 Å². The molecule has 0 heterocycles. The van der Waals surface area contributed by atoms with Crippen molar-refractivity contribution >= 4 is 0 Å². The van der Waals surface area contributed by atoms with E-state index in [9.17, 15) is 8.78 Å². The van der Waals surface area contributed by atoms with E-state index in [-0.39, 0.29) is 11.7 Å². The highest BCUT2D eigenvalue weighted by Crippen LogP contribution is 2.41. The summed E-state index contributed by atoms with van der Waals surface area (Å²) in [7, 11) is 0. The van der Waals surface area contributed by atoms with Crippen molar-refractivity contribution in [1.29, 1.82) is 0 Å². The molecule has 1 aromatic rings. The average Bonchev–Trinajstić information content (AvgIpc) is 2.82. The molecule has 2 fully saturated rings. The lowest BCUT2D eigenvalue weighted by molar-refractivity contribution is 0.221. The molecule has 1 aromatic carbocycles. The molecular weight excluding hydrogens is 402 g/mol. The van der Waals surface area contributed by atoms with Crippen LogP contribution in [0.3, 0.4) is 0 Å². The molecule has 0 bridgehead atoms. The van der Waals surface area contributed by atoms with Crippen molar-refractivity contribution in [2.45, 2.75) is 122 Å². The summed E-state index contributed by atoms with van der Waals surface area (Å²) in [6.45, 7) is 4.42. The van der Waals surface area contributed by atoms with Crippen LogP contribution in [0.1, 0.15) is 128 Å². The molecule has 0 aliphatic heterocycles. The van der Waals surface area contributed by atoms with Crippen LogP contribution in [0.25, 0.3) is 0 Å². The molecular formula is C29H46F2O. The van der Waals surface area contributed by atoms with Gasteiger partial charge in [0.2, 0.25) is 5.82 Å². The van der Waals surface area contributed by atoms with Crippen molar-refractivity contribution in [1.82, 2.24) is 0 Å². The first kappa shape index (κ1) is 25.5. The minimum atomic E-state index is -0.817. The van der Waals surface area contributed by atoms with Gasteiger partial charge in [-0.2, -0.15) is 4.39 Å². The minimum Gasteiger partial charge on any atom is -0.491 e. The van der Waals surface area contributed by atoms with Crippen molar-refractivity contribution in [3.05, 3.63) is 29.3 Å². The van der Waals surface area contributed by atoms with Gasteiger partial charge in [-0.25, -0.2) is 4.39 Å². The van der Waals surface area contributed by atoms with Crippen molar-refractivity contribution < 1.29 is 13.5 Å². The van der Waals surface area contributed by atoms with Crippen molar-refractivity contribution in [2.24, 2.45) is 17.8 Å². The normalized spacial score (nSPS) is 26.2. The van der Waals surface area contributed by atoms with E-state index in [1.807, 2.05) is 0 Å². The molecule has 0 saturated heterocycles. The first-order valence-electron chi connectivity index (χ1n) is 13.7. The summed E-state index contributed by atoms with van der Waals surface area (Å²) in [6.07, 6.45) is 21.3. The van der Waals surface area contributed by atoms with E-state index in [2.05, 4.69) is 6.92 Å². The predicted octanol–water partition coefficient (Wildman–Crippen LogP) is 9.58. The Morgan fingerprint density at radius 2 is 1.25 bits per heavy atom. The summed E-state index contributed by atoms with van der Waals surface area (Å²) in [6, 6.07) is 3.35. The minimum absolute atomic E-state index is 0.0358. The van der Waals surface area contributed by atoms with Gasteiger partial charge >= 0.3 is 0 Å². The van der Waals surface area contributed by atoms with E-state index in [0.29, 0.717) is 12.2 Å². The highest BCUT2D eigenvalue weighted by Gasteiger charge is 2.28. The van der Waals surface area contributed by atoms with Gasteiger partial charge in [-0.1, -0.05) is 90.0 Å². The lowest BCUT2D eigenvalue weighted by atomic mass is 9.74. The molecule has 0 radical (unpaired) electrons. The summed E-state index contributed by atoms with van der Waals surface area (Å²) < 4.78 is 34.0. The van der Waals surface area contributed by atoms with Crippen LogP contribution in [-0.4, -0.2) is 6.61 Å². The fourth-order valence-corrected chi connectivity index (χ4v) is 6.21. The largest absolute Gasteiger partial charge is 0.491 e. The summed E-state index contributed by atoms with van der Waals surface area (Å²) >= 11 is 0. The number of halogens is 2. The molecule has 0 unspecified atom stereocenters. The van der Waals surface area contributed by atoms with Gasteiger partial charge in [0.25, 0.3) is 0 Å². The second kappa shape index (κ2) is 13.6. The highest BCUT2D eigenvalue weighted by molar-refractivity contribution is 5.33. The summed E-state index contributed by atoms with van der Waals surface area (Å²) in [4.78, 5) is 0. The average molecular weight is 449 g/mol. The molecule has 2 aliphatic carbocycles. The molecule has 0 aromatic heterocycles. The third kappa shape index (κ3) is 7.45.